The molecule has 0 aliphatic heterocycles. The first kappa shape index (κ1) is 9.65. The molecule has 0 aliphatic carbocycles. The quantitative estimate of drug-likeness (QED) is 0.598. The lowest BCUT2D eigenvalue weighted by Crippen LogP contribution is -2.14. The monoisotopic (exact) mass is 199 g/mol. The van der Waals surface area contributed by atoms with E-state index in [1.165, 1.54) is 0 Å². The zero-order chi connectivity index (χ0) is 10.5. The van der Waals surface area contributed by atoms with Gasteiger partial charge in [0.1, 0.15) is 0 Å². The number of aromatic nitrogens is 1. The number of pyridine rings is 1. The van der Waals surface area contributed by atoms with Gasteiger partial charge in [-0.25, -0.2) is 0 Å². The smallest absolute Gasteiger partial charge is 0.309 e. The standard InChI is InChI=1S/C12H11N2O/c15-9-13-8-7-11-6-5-10-3-1-2-4-12(10)14-11/h1-6H,7-8H2,(H,13,15). The molecule has 1 aromatic heterocycles. The average molecular weight is 199 g/mol. The van der Waals surface area contributed by atoms with Gasteiger partial charge in [0.15, 0.2) is 0 Å². The van der Waals surface area contributed by atoms with Crippen LogP contribution in [-0.4, -0.2) is 17.9 Å². The van der Waals surface area contributed by atoms with Crippen molar-refractivity contribution in [3.05, 3.63) is 42.1 Å². The van der Waals surface area contributed by atoms with Gasteiger partial charge >= 0.3 is 6.41 Å². The molecule has 0 spiro atoms. The molecule has 2 aromatic rings. The first-order valence-corrected chi connectivity index (χ1v) is 4.85. The lowest BCUT2D eigenvalue weighted by Gasteiger charge is -2.01. The SMILES string of the molecule is O=[C]NCCc1ccc2ccccc2n1. The number of nitrogens with one attached hydrogen (secondary N) is 1. The van der Waals surface area contributed by atoms with E-state index in [4.69, 9.17) is 0 Å². The average Bonchev–Trinajstić information content (AvgIpc) is 2.29. The highest BCUT2D eigenvalue weighted by Gasteiger charge is 1.97. The fourth-order valence-electron chi connectivity index (χ4n) is 1.49. The van der Waals surface area contributed by atoms with Gasteiger partial charge in [-0.3, -0.25) is 9.78 Å². The molecule has 1 aromatic carbocycles. The fourth-order valence-corrected chi connectivity index (χ4v) is 1.49. The Morgan fingerprint density at radius 2 is 2.07 bits per heavy atom. The molecule has 0 unspecified atom stereocenters. The minimum Gasteiger partial charge on any atom is -0.347 e. The molecule has 0 saturated heterocycles. The Balaban J connectivity index is 2.19. The van der Waals surface area contributed by atoms with Gasteiger partial charge in [-0.05, 0) is 12.1 Å². The van der Waals surface area contributed by atoms with Crippen LogP contribution in [0.5, 0.6) is 0 Å². The Hall–Kier alpha value is -1.90. The van der Waals surface area contributed by atoms with Crippen LogP contribution in [0.3, 0.4) is 0 Å². The molecule has 15 heavy (non-hydrogen) atoms. The van der Waals surface area contributed by atoms with Crippen LogP contribution >= 0.6 is 0 Å². The van der Waals surface area contributed by atoms with Crippen molar-refractivity contribution in [3.63, 3.8) is 0 Å². The van der Waals surface area contributed by atoms with Crippen LogP contribution in [0.2, 0.25) is 0 Å². The Bertz CT molecular complexity index is 468. The molecule has 0 bridgehead atoms. The largest absolute Gasteiger partial charge is 0.347 e. The number of carbonyl (C=O) groups excluding carboxylic acids is 1. The summed E-state index contributed by atoms with van der Waals surface area (Å²) in [4.78, 5) is 14.4. The maximum atomic E-state index is 9.95. The predicted octanol–water partition coefficient (Wildman–Crippen LogP) is 1.43. The number of benzene rings is 1. The topological polar surface area (TPSA) is 42.0 Å². The highest BCUT2D eigenvalue weighted by atomic mass is 16.1. The summed E-state index contributed by atoms with van der Waals surface area (Å²) in [7, 11) is 0. The summed E-state index contributed by atoms with van der Waals surface area (Å²) in [5.74, 6) is 0. The molecular weight excluding hydrogens is 188 g/mol. The van der Waals surface area contributed by atoms with Crippen molar-refractivity contribution in [2.24, 2.45) is 0 Å². The Kier molecular flexibility index (Phi) is 2.93. The van der Waals surface area contributed by atoms with Crippen LogP contribution in [0.25, 0.3) is 10.9 Å². The molecule has 0 saturated carbocycles. The molecule has 3 nitrogen and oxygen atoms in total. The Labute approximate surface area is 88.1 Å². The minimum atomic E-state index is 0.578. The van der Waals surface area contributed by atoms with Crippen molar-refractivity contribution in [2.75, 3.05) is 6.54 Å². The second-order valence-corrected chi connectivity index (χ2v) is 3.27. The Morgan fingerprint density at radius 3 is 2.93 bits per heavy atom. The van der Waals surface area contributed by atoms with Crippen LogP contribution in [0.4, 0.5) is 0 Å². The van der Waals surface area contributed by atoms with E-state index in [0.29, 0.717) is 6.54 Å². The van der Waals surface area contributed by atoms with Crippen molar-refractivity contribution in [1.29, 1.82) is 0 Å². The lowest BCUT2D eigenvalue weighted by atomic mass is 10.2. The second-order valence-electron chi connectivity index (χ2n) is 3.27. The number of para-hydroxylation sites is 1. The van der Waals surface area contributed by atoms with E-state index in [-0.39, 0.29) is 0 Å². The molecule has 1 N–H and O–H groups in total. The predicted molar refractivity (Wildman–Crippen MR) is 59.1 cm³/mol. The summed E-state index contributed by atoms with van der Waals surface area (Å²) in [6, 6.07) is 12.0. The molecular formula is C12H11N2O. The third-order valence-corrected chi connectivity index (χ3v) is 2.23. The summed E-state index contributed by atoms with van der Waals surface area (Å²) >= 11 is 0. The van der Waals surface area contributed by atoms with Crippen LogP contribution < -0.4 is 5.32 Å². The molecule has 0 fully saturated rings. The molecule has 2 rings (SSSR count). The summed E-state index contributed by atoms with van der Waals surface area (Å²) in [6.07, 6.45) is 2.38. The van der Waals surface area contributed by atoms with Crippen molar-refractivity contribution in [2.45, 2.75) is 6.42 Å². The number of rotatable bonds is 4. The van der Waals surface area contributed by atoms with E-state index in [0.717, 1.165) is 23.0 Å². The highest BCUT2D eigenvalue weighted by Crippen LogP contribution is 2.11. The first-order chi connectivity index (χ1) is 7.40. The van der Waals surface area contributed by atoms with Gasteiger partial charge in [0.25, 0.3) is 0 Å². The van der Waals surface area contributed by atoms with E-state index in [1.807, 2.05) is 36.4 Å². The lowest BCUT2D eigenvalue weighted by molar-refractivity contribution is 0.542. The maximum absolute atomic E-state index is 9.95. The highest BCUT2D eigenvalue weighted by molar-refractivity contribution is 5.78. The zero-order valence-corrected chi connectivity index (χ0v) is 8.23. The summed E-state index contributed by atoms with van der Waals surface area (Å²) in [5.41, 5.74) is 1.97. The third kappa shape index (κ3) is 2.31. The summed E-state index contributed by atoms with van der Waals surface area (Å²) < 4.78 is 0. The van der Waals surface area contributed by atoms with Crippen LogP contribution in [0.1, 0.15) is 5.69 Å². The van der Waals surface area contributed by atoms with Crippen molar-refractivity contribution < 1.29 is 4.79 Å². The molecule has 75 valence electrons. The molecule has 0 aliphatic rings. The molecule has 1 heterocycles. The maximum Gasteiger partial charge on any atom is 0.309 e. The Morgan fingerprint density at radius 1 is 1.20 bits per heavy atom. The van der Waals surface area contributed by atoms with E-state index in [2.05, 4.69) is 10.3 Å². The van der Waals surface area contributed by atoms with Gasteiger partial charge < -0.3 is 5.32 Å². The van der Waals surface area contributed by atoms with E-state index in [9.17, 15) is 4.79 Å². The molecule has 1 radical (unpaired) electrons. The van der Waals surface area contributed by atoms with Crippen LogP contribution in [-0.2, 0) is 11.2 Å². The number of fused-ring (bicyclic) bond motifs is 1. The van der Waals surface area contributed by atoms with Crippen LogP contribution in [0, 0.1) is 0 Å². The van der Waals surface area contributed by atoms with Crippen molar-refractivity contribution in [3.8, 4) is 0 Å². The van der Waals surface area contributed by atoms with Gasteiger partial charge in [-0.2, -0.15) is 0 Å². The number of hydrogen-bond donors (Lipinski definition) is 1. The summed E-state index contributed by atoms with van der Waals surface area (Å²) in [6.45, 7) is 0.578. The van der Waals surface area contributed by atoms with E-state index >= 15 is 0 Å². The fraction of sp³-hybridized carbons (Fsp3) is 0.167. The second kappa shape index (κ2) is 4.55. The number of amides is 1. The molecule has 1 amide bonds. The number of nitrogens with zero attached hydrogens (tertiary/aromatic N) is 1. The number of hydrogen-bond acceptors (Lipinski definition) is 2. The van der Waals surface area contributed by atoms with Gasteiger partial charge in [0.2, 0.25) is 0 Å². The summed E-state index contributed by atoms with van der Waals surface area (Å²) in [5, 5.41) is 3.63. The molecule has 0 atom stereocenters. The zero-order valence-electron chi connectivity index (χ0n) is 8.23. The third-order valence-electron chi connectivity index (χ3n) is 2.23. The van der Waals surface area contributed by atoms with Crippen LogP contribution in [0.15, 0.2) is 36.4 Å². The minimum absolute atomic E-state index is 0.578. The van der Waals surface area contributed by atoms with E-state index in [1.54, 1.807) is 6.41 Å². The molecule has 3 heteroatoms. The van der Waals surface area contributed by atoms with Crippen molar-refractivity contribution >= 4 is 17.3 Å². The van der Waals surface area contributed by atoms with Gasteiger partial charge in [0.05, 0.1) is 5.52 Å². The van der Waals surface area contributed by atoms with Gasteiger partial charge in [-0.15, -0.1) is 0 Å². The normalized spacial score (nSPS) is 10.1. The van der Waals surface area contributed by atoms with Gasteiger partial charge in [-0.1, -0.05) is 24.3 Å². The first-order valence-electron chi connectivity index (χ1n) is 4.85. The van der Waals surface area contributed by atoms with E-state index < -0.39 is 0 Å². The van der Waals surface area contributed by atoms with Crippen molar-refractivity contribution in [1.82, 2.24) is 10.3 Å². The van der Waals surface area contributed by atoms with Gasteiger partial charge in [0, 0.05) is 24.0 Å².